The third-order valence-corrected chi connectivity index (χ3v) is 6.37. The number of unbranched alkanes of at least 4 members (excludes halogenated alkanes) is 9. The van der Waals surface area contributed by atoms with Gasteiger partial charge < -0.3 is 4.74 Å². The molecule has 0 amide bonds. The number of benzene rings is 2. The van der Waals surface area contributed by atoms with Crippen molar-refractivity contribution in [1.82, 2.24) is 0 Å². The van der Waals surface area contributed by atoms with Gasteiger partial charge in [0.05, 0.1) is 9.79 Å². The minimum atomic E-state index is 0.987. The first-order chi connectivity index (χ1) is 12.9. The molecule has 0 aromatic heterocycles. The summed E-state index contributed by atoms with van der Waals surface area (Å²) in [7, 11) is 0. The van der Waals surface area contributed by atoms with E-state index in [4.69, 9.17) is 4.74 Å². The van der Waals surface area contributed by atoms with Crippen LogP contribution in [-0.2, 0) is 6.42 Å². The molecule has 0 radical (unpaired) electrons. The molecule has 0 saturated carbocycles. The SMILES string of the molecule is CCCCCCCCCCCCc1cccc2c1Sc1ccccc1O2. The van der Waals surface area contributed by atoms with Crippen LogP contribution in [-0.4, -0.2) is 0 Å². The number of ether oxygens (including phenoxy) is 1. The molecule has 0 aliphatic carbocycles. The minimum Gasteiger partial charge on any atom is -0.455 e. The van der Waals surface area contributed by atoms with Crippen LogP contribution in [0.25, 0.3) is 0 Å². The van der Waals surface area contributed by atoms with Gasteiger partial charge in [0.15, 0.2) is 0 Å². The van der Waals surface area contributed by atoms with E-state index >= 15 is 0 Å². The van der Waals surface area contributed by atoms with Crippen LogP contribution in [0.15, 0.2) is 52.3 Å². The molecular weight excluding hydrogens is 336 g/mol. The summed E-state index contributed by atoms with van der Waals surface area (Å²) in [5, 5.41) is 0. The van der Waals surface area contributed by atoms with Crippen molar-refractivity contribution in [3.63, 3.8) is 0 Å². The molecule has 0 N–H and O–H groups in total. The molecule has 0 atom stereocenters. The zero-order valence-corrected chi connectivity index (χ0v) is 17.0. The van der Waals surface area contributed by atoms with Crippen LogP contribution in [0, 0.1) is 0 Å². The van der Waals surface area contributed by atoms with Crippen LogP contribution in [0.1, 0.15) is 76.7 Å². The molecule has 1 nitrogen and oxygen atoms in total. The van der Waals surface area contributed by atoms with Gasteiger partial charge in [-0.15, -0.1) is 0 Å². The van der Waals surface area contributed by atoms with E-state index in [2.05, 4.69) is 43.3 Å². The predicted molar refractivity (Wildman–Crippen MR) is 113 cm³/mol. The summed E-state index contributed by atoms with van der Waals surface area (Å²) in [6, 6.07) is 14.8. The summed E-state index contributed by atoms with van der Waals surface area (Å²) in [5.41, 5.74) is 1.45. The highest BCUT2D eigenvalue weighted by atomic mass is 32.2. The monoisotopic (exact) mass is 368 g/mol. The van der Waals surface area contributed by atoms with Crippen molar-refractivity contribution in [3.8, 4) is 11.5 Å². The van der Waals surface area contributed by atoms with E-state index in [0.717, 1.165) is 17.9 Å². The van der Waals surface area contributed by atoms with Crippen molar-refractivity contribution in [2.24, 2.45) is 0 Å². The maximum atomic E-state index is 6.10. The lowest BCUT2D eigenvalue weighted by molar-refractivity contribution is 0.452. The van der Waals surface area contributed by atoms with Crippen LogP contribution in [0.4, 0.5) is 0 Å². The fourth-order valence-corrected chi connectivity index (χ4v) is 4.69. The van der Waals surface area contributed by atoms with Gasteiger partial charge >= 0.3 is 0 Å². The van der Waals surface area contributed by atoms with Gasteiger partial charge in [-0.05, 0) is 36.6 Å². The van der Waals surface area contributed by atoms with Crippen molar-refractivity contribution in [2.45, 2.75) is 87.3 Å². The van der Waals surface area contributed by atoms with Crippen LogP contribution in [0.3, 0.4) is 0 Å². The highest BCUT2D eigenvalue weighted by molar-refractivity contribution is 7.99. The van der Waals surface area contributed by atoms with Gasteiger partial charge in [-0.25, -0.2) is 0 Å². The average molecular weight is 369 g/mol. The first-order valence-electron chi connectivity index (χ1n) is 10.4. The van der Waals surface area contributed by atoms with Crippen LogP contribution in [0.2, 0.25) is 0 Å². The van der Waals surface area contributed by atoms with Gasteiger partial charge in [0.1, 0.15) is 11.5 Å². The smallest absolute Gasteiger partial charge is 0.141 e. The lowest BCUT2D eigenvalue weighted by Gasteiger charge is -2.21. The second-order valence-electron chi connectivity index (χ2n) is 7.33. The molecule has 0 fully saturated rings. The van der Waals surface area contributed by atoms with Crippen molar-refractivity contribution >= 4 is 11.8 Å². The Morgan fingerprint density at radius 2 is 1.35 bits per heavy atom. The van der Waals surface area contributed by atoms with Gasteiger partial charge in [-0.1, -0.05) is 101 Å². The van der Waals surface area contributed by atoms with Crippen molar-refractivity contribution in [2.75, 3.05) is 0 Å². The standard InChI is InChI=1S/C24H32OS/c1-2-3-4-5-6-7-8-9-10-11-15-20-16-14-18-22-24(20)26-23-19-13-12-17-21(23)25-22/h12-14,16-19H,2-11,15H2,1H3. The van der Waals surface area contributed by atoms with E-state index < -0.39 is 0 Å². The van der Waals surface area contributed by atoms with Crippen molar-refractivity contribution in [3.05, 3.63) is 48.0 Å². The Balaban J connectivity index is 1.39. The normalized spacial score (nSPS) is 12.3. The fraction of sp³-hybridized carbons (Fsp3) is 0.500. The molecule has 3 rings (SSSR count). The predicted octanol–water partition coefficient (Wildman–Crippen LogP) is 8.41. The van der Waals surface area contributed by atoms with Crippen LogP contribution >= 0.6 is 11.8 Å². The molecular formula is C24H32OS. The molecule has 1 heterocycles. The lowest BCUT2D eigenvalue weighted by atomic mass is 10.0. The Labute approximate surface area is 163 Å². The number of aryl methyl sites for hydroxylation is 1. The maximum Gasteiger partial charge on any atom is 0.141 e. The quantitative estimate of drug-likeness (QED) is 0.314. The first kappa shape index (κ1) is 19.4. The van der Waals surface area contributed by atoms with Gasteiger partial charge in [0.25, 0.3) is 0 Å². The molecule has 2 aromatic carbocycles. The summed E-state index contributed by atoms with van der Waals surface area (Å²) in [6.07, 6.45) is 15.1. The van der Waals surface area contributed by atoms with E-state index in [0.29, 0.717) is 0 Å². The van der Waals surface area contributed by atoms with Gasteiger partial charge in [0, 0.05) is 0 Å². The molecule has 1 aliphatic heterocycles. The van der Waals surface area contributed by atoms with E-state index in [9.17, 15) is 0 Å². The van der Waals surface area contributed by atoms with Crippen molar-refractivity contribution in [1.29, 1.82) is 0 Å². The molecule has 0 bridgehead atoms. The van der Waals surface area contributed by atoms with Crippen LogP contribution < -0.4 is 4.74 Å². The highest BCUT2D eigenvalue weighted by Gasteiger charge is 2.19. The molecule has 1 aliphatic rings. The summed E-state index contributed by atoms with van der Waals surface area (Å²) in [5.74, 6) is 2.01. The van der Waals surface area contributed by atoms with Gasteiger partial charge in [-0.2, -0.15) is 0 Å². The van der Waals surface area contributed by atoms with Gasteiger partial charge in [-0.3, -0.25) is 0 Å². The van der Waals surface area contributed by atoms with E-state index in [1.165, 1.54) is 79.6 Å². The minimum absolute atomic E-state index is 0.987. The van der Waals surface area contributed by atoms with Crippen molar-refractivity contribution < 1.29 is 4.74 Å². The zero-order valence-electron chi connectivity index (χ0n) is 16.1. The summed E-state index contributed by atoms with van der Waals surface area (Å²) >= 11 is 1.87. The van der Waals surface area contributed by atoms with E-state index in [1.54, 1.807) is 0 Å². The Hall–Kier alpha value is -1.41. The molecule has 140 valence electrons. The number of hydrogen-bond acceptors (Lipinski definition) is 2. The largest absolute Gasteiger partial charge is 0.455 e. The fourth-order valence-electron chi connectivity index (χ4n) is 3.60. The number of rotatable bonds is 11. The second-order valence-corrected chi connectivity index (χ2v) is 8.38. The Morgan fingerprint density at radius 1 is 0.692 bits per heavy atom. The number of hydrogen-bond donors (Lipinski definition) is 0. The Morgan fingerprint density at radius 3 is 2.12 bits per heavy atom. The zero-order chi connectivity index (χ0) is 18.0. The molecule has 26 heavy (non-hydrogen) atoms. The van der Waals surface area contributed by atoms with E-state index in [-0.39, 0.29) is 0 Å². The molecule has 0 spiro atoms. The number of fused-ring (bicyclic) bond motifs is 2. The molecule has 2 aromatic rings. The van der Waals surface area contributed by atoms with Gasteiger partial charge in [0.2, 0.25) is 0 Å². The summed E-state index contributed by atoms with van der Waals surface area (Å²) < 4.78 is 6.10. The Bertz CT molecular complexity index is 680. The Kier molecular flexibility index (Phi) is 7.94. The van der Waals surface area contributed by atoms with E-state index in [1.807, 2.05) is 17.8 Å². The molecule has 0 unspecified atom stereocenters. The first-order valence-corrected chi connectivity index (χ1v) is 11.3. The lowest BCUT2D eigenvalue weighted by Crippen LogP contribution is -1.98. The van der Waals surface area contributed by atoms with Crippen LogP contribution in [0.5, 0.6) is 11.5 Å². The summed E-state index contributed by atoms with van der Waals surface area (Å²) in [6.45, 7) is 2.28. The highest BCUT2D eigenvalue weighted by Crippen LogP contribution is 2.48. The second kappa shape index (κ2) is 10.7. The topological polar surface area (TPSA) is 9.23 Å². The molecule has 0 saturated heterocycles. The molecule has 2 heteroatoms. The third-order valence-electron chi connectivity index (χ3n) is 5.14. The third kappa shape index (κ3) is 5.54. The summed E-state index contributed by atoms with van der Waals surface area (Å²) in [4.78, 5) is 2.55. The maximum absolute atomic E-state index is 6.10. The number of para-hydroxylation sites is 1. The average Bonchev–Trinajstić information content (AvgIpc) is 2.68.